The topological polar surface area (TPSA) is 86.8 Å². The molecule has 3 rings (SSSR count). The maximum absolute atomic E-state index is 12.9. The van der Waals surface area contributed by atoms with Gasteiger partial charge in [0.2, 0.25) is 15.9 Å². The first-order valence-electron chi connectivity index (χ1n) is 9.36. The zero-order valence-corrected chi connectivity index (χ0v) is 18.6. The highest BCUT2D eigenvalue weighted by Crippen LogP contribution is 2.27. The normalized spacial score (nSPS) is 15.1. The molecule has 0 spiro atoms. The Kier molecular flexibility index (Phi) is 7.02. The number of benzene rings is 2. The van der Waals surface area contributed by atoms with E-state index in [0.717, 1.165) is 0 Å². The van der Waals surface area contributed by atoms with Crippen molar-refractivity contribution in [2.75, 3.05) is 31.5 Å². The summed E-state index contributed by atoms with van der Waals surface area (Å²) >= 11 is 11.8. The molecule has 0 unspecified atom stereocenters. The first-order valence-corrected chi connectivity index (χ1v) is 11.6. The molecule has 1 aliphatic rings. The zero-order chi connectivity index (χ0) is 21.9. The van der Waals surface area contributed by atoms with E-state index in [1.165, 1.54) is 22.5 Å². The maximum Gasteiger partial charge on any atom is 0.254 e. The van der Waals surface area contributed by atoms with Crippen LogP contribution in [0.25, 0.3) is 0 Å². The lowest BCUT2D eigenvalue weighted by Gasteiger charge is -2.34. The molecule has 0 saturated carbocycles. The van der Waals surface area contributed by atoms with Gasteiger partial charge >= 0.3 is 0 Å². The molecule has 1 heterocycles. The number of amides is 2. The molecular weight excluding hydrogens is 449 g/mol. The number of hydrogen-bond donors (Lipinski definition) is 1. The van der Waals surface area contributed by atoms with Crippen LogP contribution in [-0.2, 0) is 14.8 Å². The number of carbonyl (C=O) groups excluding carboxylic acids is 2. The lowest BCUT2D eigenvalue weighted by Crippen LogP contribution is -2.50. The predicted molar refractivity (Wildman–Crippen MR) is 116 cm³/mol. The fourth-order valence-corrected chi connectivity index (χ4v) is 4.89. The van der Waals surface area contributed by atoms with Gasteiger partial charge in [0.05, 0.1) is 14.9 Å². The Hall–Kier alpha value is -2.13. The van der Waals surface area contributed by atoms with Crippen LogP contribution in [0.15, 0.2) is 47.4 Å². The first-order chi connectivity index (χ1) is 14.2. The summed E-state index contributed by atoms with van der Waals surface area (Å²) in [7, 11) is -3.73. The Balaban J connectivity index is 1.68. The fraction of sp³-hybridized carbons (Fsp3) is 0.300. The van der Waals surface area contributed by atoms with Gasteiger partial charge in [-0.25, -0.2) is 8.42 Å². The average molecular weight is 470 g/mol. The number of sulfonamides is 1. The molecular formula is C20H21Cl2N3O4S. The molecule has 160 valence electrons. The van der Waals surface area contributed by atoms with Gasteiger partial charge in [-0.1, -0.05) is 36.2 Å². The third kappa shape index (κ3) is 4.95. The van der Waals surface area contributed by atoms with Crippen molar-refractivity contribution in [3.05, 3.63) is 58.1 Å². The summed E-state index contributed by atoms with van der Waals surface area (Å²) in [5.74, 6) is -0.352. The van der Waals surface area contributed by atoms with Crippen LogP contribution < -0.4 is 5.32 Å². The Labute approximate surface area is 185 Å². The molecule has 1 fully saturated rings. The monoisotopic (exact) mass is 469 g/mol. The summed E-state index contributed by atoms with van der Waals surface area (Å²) in [5.41, 5.74) is 0.984. The number of anilines is 1. The third-order valence-corrected chi connectivity index (χ3v) is 7.40. The molecule has 0 aliphatic carbocycles. The highest BCUT2D eigenvalue weighted by atomic mass is 35.5. The van der Waals surface area contributed by atoms with E-state index >= 15 is 0 Å². The van der Waals surface area contributed by atoms with Gasteiger partial charge in [-0.2, -0.15) is 4.31 Å². The van der Waals surface area contributed by atoms with Crippen molar-refractivity contribution in [3.63, 3.8) is 0 Å². The van der Waals surface area contributed by atoms with Gasteiger partial charge in [-0.05, 0) is 36.4 Å². The summed E-state index contributed by atoms with van der Waals surface area (Å²) in [6.07, 6.45) is 0.341. The number of halogens is 2. The quantitative estimate of drug-likeness (QED) is 0.725. The van der Waals surface area contributed by atoms with Crippen molar-refractivity contribution in [2.24, 2.45) is 0 Å². The van der Waals surface area contributed by atoms with Gasteiger partial charge in [0.25, 0.3) is 5.91 Å². The summed E-state index contributed by atoms with van der Waals surface area (Å²) in [6, 6.07) is 10.9. The summed E-state index contributed by atoms with van der Waals surface area (Å²) < 4.78 is 27.0. The van der Waals surface area contributed by atoms with Crippen molar-refractivity contribution in [2.45, 2.75) is 18.2 Å². The van der Waals surface area contributed by atoms with Crippen LogP contribution in [0.4, 0.5) is 5.69 Å². The van der Waals surface area contributed by atoms with Gasteiger partial charge < -0.3 is 10.2 Å². The molecule has 2 aromatic rings. The average Bonchev–Trinajstić information content (AvgIpc) is 2.75. The molecule has 2 aromatic carbocycles. The van der Waals surface area contributed by atoms with Crippen LogP contribution in [0.5, 0.6) is 0 Å². The molecule has 1 aliphatic heterocycles. The molecule has 0 bridgehead atoms. The standard InChI is InChI=1S/C20H21Cl2N3O4S/c1-2-19(26)23-15-5-3-4-14(12-15)20(27)24-8-10-25(11-9-24)30(28,29)16-6-7-17(21)18(22)13-16/h3-7,12-13H,2,8-11H2,1H3,(H,23,26). The van der Waals surface area contributed by atoms with Crippen molar-refractivity contribution in [1.29, 1.82) is 0 Å². The number of hydrogen-bond acceptors (Lipinski definition) is 4. The molecule has 0 aromatic heterocycles. The molecule has 2 amide bonds. The predicted octanol–water partition coefficient (Wildman–Crippen LogP) is 3.49. The van der Waals surface area contributed by atoms with Crippen LogP contribution in [0.2, 0.25) is 10.0 Å². The van der Waals surface area contributed by atoms with E-state index in [-0.39, 0.29) is 52.9 Å². The lowest BCUT2D eigenvalue weighted by molar-refractivity contribution is -0.115. The minimum Gasteiger partial charge on any atom is -0.336 e. The number of rotatable bonds is 5. The van der Waals surface area contributed by atoms with Crippen LogP contribution in [0.1, 0.15) is 23.7 Å². The third-order valence-electron chi connectivity index (χ3n) is 4.77. The van der Waals surface area contributed by atoms with Crippen LogP contribution in [-0.4, -0.2) is 55.6 Å². The SMILES string of the molecule is CCC(=O)Nc1cccc(C(=O)N2CCN(S(=O)(=O)c3ccc(Cl)c(Cl)c3)CC2)c1. The van der Waals surface area contributed by atoms with E-state index in [2.05, 4.69) is 5.32 Å². The van der Waals surface area contributed by atoms with Crippen LogP contribution in [0.3, 0.4) is 0 Å². The lowest BCUT2D eigenvalue weighted by atomic mass is 10.1. The zero-order valence-electron chi connectivity index (χ0n) is 16.3. The summed E-state index contributed by atoms with van der Waals surface area (Å²) in [4.78, 5) is 26.1. The Morgan fingerprint density at radius 3 is 2.33 bits per heavy atom. The van der Waals surface area contributed by atoms with Gasteiger partial charge in [0.15, 0.2) is 0 Å². The largest absolute Gasteiger partial charge is 0.336 e. The maximum atomic E-state index is 12.9. The Bertz CT molecular complexity index is 1070. The van der Waals surface area contributed by atoms with Gasteiger partial charge in [-0.15, -0.1) is 0 Å². The van der Waals surface area contributed by atoms with Crippen molar-refractivity contribution in [3.8, 4) is 0 Å². The molecule has 1 N–H and O–H groups in total. The minimum atomic E-state index is -3.73. The van der Waals surface area contributed by atoms with Crippen LogP contribution >= 0.6 is 23.2 Å². The van der Waals surface area contributed by atoms with Crippen molar-refractivity contribution < 1.29 is 18.0 Å². The second-order valence-electron chi connectivity index (χ2n) is 6.75. The molecule has 0 atom stereocenters. The van der Waals surface area contributed by atoms with E-state index in [4.69, 9.17) is 23.2 Å². The smallest absolute Gasteiger partial charge is 0.254 e. The molecule has 0 radical (unpaired) electrons. The highest BCUT2D eigenvalue weighted by molar-refractivity contribution is 7.89. The number of nitrogens with zero attached hydrogens (tertiary/aromatic N) is 2. The van der Waals surface area contributed by atoms with E-state index in [0.29, 0.717) is 17.7 Å². The minimum absolute atomic E-state index is 0.0658. The Morgan fingerprint density at radius 2 is 1.70 bits per heavy atom. The number of piperazine rings is 1. The molecule has 10 heteroatoms. The Morgan fingerprint density at radius 1 is 1.00 bits per heavy atom. The van der Waals surface area contributed by atoms with Gasteiger partial charge in [0, 0.05) is 43.9 Å². The van der Waals surface area contributed by atoms with E-state index < -0.39 is 10.0 Å². The summed E-state index contributed by atoms with van der Waals surface area (Å²) in [6.45, 7) is 2.59. The number of carbonyl (C=O) groups is 2. The number of nitrogens with one attached hydrogen (secondary N) is 1. The van der Waals surface area contributed by atoms with Crippen LogP contribution in [0, 0.1) is 0 Å². The second kappa shape index (κ2) is 9.34. The van der Waals surface area contributed by atoms with E-state index in [1.807, 2.05) is 0 Å². The second-order valence-corrected chi connectivity index (χ2v) is 9.51. The van der Waals surface area contributed by atoms with E-state index in [1.54, 1.807) is 36.1 Å². The molecule has 1 saturated heterocycles. The van der Waals surface area contributed by atoms with Gasteiger partial charge in [-0.3, -0.25) is 9.59 Å². The van der Waals surface area contributed by atoms with E-state index in [9.17, 15) is 18.0 Å². The summed E-state index contributed by atoms with van der Waals surface area (Å²) in [5, 5.41) is 3.18. The van der Waals surface area contributed by atoms with Crippen molar-refractivity contribution in [1.82, 2.24) is 9.21 Å². The first kappa shape index (κ1) is 22.6. The molecule has 30 heavy (non-hydrogen) atoms. The molecule has 7 nitrogen and oxygen atoms in total. The fourth-order valence-electron chi connectivity index (χ4n) is 3.08. The van der Waals surface area contributed by atoms with Gasteiger partial charge in [0.1, 0.15) is 0 Å². The van der Waals surface area contributed by atoms with Crippen molar-refractivity contribution >= 4 is 50.7 Å². The highest BCUT2D eigenvalue weighted by Gasteiger charge is 2.30.